The topological polar surface area (TPSA) is 109 Å². The SMILES string of the molecule is NC1(C(=O)O)CCN(C(=O)c2ccnnc2)C1. The number of carboxylic acid groups (broad SMARTS) is 1. The minimum Gasteiger partial charge on any atom is -0.480 e. The van der Waals surface area contributed by atoms with Gasteiger partial charge in [0.05, 0.1) is 18.0 Å². The van der Waals surface area contributed by atoms with Gasteiger partial charge in [-0.15, -0.1) is 0 Å². The zero-order chi connectivity index (χ0) is 12.5. The van der Waals surface area contributed by atoms with Gasteiger partial charge in [0.2, 0.25) is 0 Å². The molecule has 0 aromatic carbocycles. The lowest BCUT2D eigenvalue weighted by Crippen LogP contribution is -2.50. The summed E-state index contributed by atoms with van der Waals surface area (Å²) in [4.78, 5) is 24.3. The second kappa shape index (κ2) is 4.10. The Morgan fingerprint density at radius 2 is 2.24 bits per heavy atom. The standard InChI is InChI=1S/C10H12N4O3/c11-10(9(16)17)2-4-14(6-10)8(15)7-1-3-12-13-5-7/h1,3,5H,2,4,6,11H2,(H,16,17). The number of hydrogen-bond donors (Lipinski definition) is 2. The number of likely N-dealkylation sites (tertiary alicyclic amines) is 1. The monoisotopic (exact) mass is 236 g/mol. The molecule has 7 nitrogen and oxygen atoms in total. The van der Waals surface area contributed by atoms with Crippen molar-refractivity contribution < 1.29 is 14.7 Å². The maximum Gasteiger partial charge on any atom is 0.325 e. The summed E-state index contributed by atoms with van der Waals surface area (Å²) in [5, 5.41) is 16.1. The van der Waals surface area contributed by atoms with Gasteiger partial charge < -0.3 is 15.7 Å². The molecule has 1 aromatic rings. The molecule has 2 heterocycles. The van der Waals surface area contributed by atoms with E-state index in [1.54, 1.807) is 0 Å². The van der Waals surface area contributed by atoms with E-state index in [2.05, 4.69) is 10.2 Å². The van der Waals surface area contributed by atoms with E-state index in [9.17, 15) is 9.59 Å². The first-order valence-corrected chi connectivity index (χ1v) is 5.11. The number of carbonyl (C=O) groups is 2. The van der Waals surface area contributed by atoms with E-state index in [1.807, 2.05) is 0 Å². The molecule has 7 heteroatoms. The van der Waals surface area contributed by atoms with Gasteiger partial charge in [0, 0.05) is 13.1 Å². The number of aromatic nitrogens is 2. The van der Waals surface area contributed by atoms with Crippen LogP contribution in [0, 0.1) is 0 Å². The number of nitrogens with zero attached hydrogens (tertiary/aromatic N) is 3. The van der Waals surface area contributed by atoms with Gasteiger partial charge in [0.1, 0.15) is 5.54 Å². The third-order valence-corrected chi connectivity index (χ3v) is 2.85. The van der Waals surface area contributed by atoms with E-state index >= 15 is 0 Å². The summed E-state index contributed by atoms with van der Waals surface area (Å²) in [7, 11) is 0. The van der Waals surface area contributed by atoms with Crippen LogP contribution in [0.1, 0.15) is 16.8 Å². The lowest BCUT2D eigenvalue weighted by atomic mass is 10.0. The van der Waals surface area contributed by atoms with Crippen LogP contribution in [0.15, 0.2) is 18.5 Å². The molecule has 0 bridgehead atoms. The van der Waals surface area contributed by atoms with Crippen molar-refractivity contribution in [1.29, 1.82) is 0 Å². The van der Waals surface area contributed by atoms with Crippen LogP contribution in [0.3, 0.4) is 0 Å². The highest BCUT2D eigenvalue weighted by Crippen LogP contribution is 2.20. The van der Waals surface area contributed by atoms with E-state index < -0.39 is 11.5 Å². The molecule has 90 valence electrons. The summed E-state index contributed by atoms with van der Waals surface area (Å²) in [6.07, 6.45) is 3.02. The summed E-state index contributed by atoms with van der Waals surface area (Å²) in [6, 6.07) is 1.53. The van der Waals surface area contributed by atoms with Crippen LogP contribution >= 0.6 is 0 Å². The van der Waals surface area contributed by atoms with Crippen molar-refractivity contribution in [2.75, 3.05) is 13.1 Å². The summed E-state index contributed by atoms with van der Waals surface area (Å²) in [6.45, 7) is 0.355. The number of carbonyl (C=O) groups excluding carboxylic acids is 1. The Hall–Kier alpha value is -2.02. The van der Waals surface area contributed by atoms with Crippen molar-refractivity contribution in [3.05, 3.63) is 24.0 Å². The fourth-order valence-corrected chi connectivity index (χ4v) is 1.78. The number of amides is 1. The Morgan fingerprint density at radius 3 is 2.76 bits per heavy atom. The predicted molar refractivity (Wildman–Crippen MR) is 57.1 cm³/mol. The van der Waals surface area contributed by atoms with Crippen molar-refractivity contribution in [2.45, 2.75) is 12.0 Å². The first-order valence-electron chi connectivity index (χ1n) is 5.11. The molecule has 0 spiro atoms. The molecule has 1 aliphatic rings. The highest BCUT2D eigenvalue weighted by Gasteiger charge is 2.43. The molecular weight excluding hydrogens is 224 g/mol. The molecule has 1 amide bonds. The van der Waals surface area contributed by atoms with Crippen LogP contribution < -0.4 is 5.73 Å². The zero-order valence-electron chi connectivity index (χ0n) is 9.04. The second-order valence-corrected chi connectivity index (χ2v) is 4.07. The van der Waals surface area contributed by atoms with Crippen LogP contribution in [-0.4, -0.2) is 50.7 Å². The van der Waals surface area contributed by atoms with Gasteiger partial charge in [-0.05, 0) is 12.5 Å². The van der Waals surface area contributed by atoms with Crippen molar-refractivity contribution in [3.63, 3.8) is 0 Å². The number of nitrogens with two attached hydrogens (primary N) is 1. The molecule has 0 saturated carbocycles. The molecule has 1 fully saturated rings. The molecule has 1 aromatic heterocycles. The number of aliphatic carboxylic acids is 1. The van der Waals surface area contributed by atoms with Gasteiger partial charge in [-0.3, -0.25) is 9.59 Å². The molecule has 17 heavy (non-hydrogen) atoms. The van der Waals surface area contributed by atoms with Crippen LogP contribution in [-0.2, 0) is 4.79 Å². The Balaban J connectivity index is 2.12. The molecule has 1 unspecified atom stereocenters. The van der Waals surface area contributed by atoms with E-state index in [-0.39, 0.29) is 18.9 Å². The van der Waals surface area contributed by atoms with Gasteiger partial charge in [-0.25, -0.2) is 0 Å². The fraction of sp³-hybridized carbons (Fsp3) is 0.400. The Labute approximate surface area is 97.2 Å². The van der Waals surface area contributed by atoms with Crippen molar-refractivity contribution in [3.8, 4) is 0 Å². The van der Waals surface area contributed by atoms with Crippen LogP contribution in [0.5, 0.6) is 0 Å². The Bertz CT molecular complexity index is 450. The fourth-order valence-electron chi connectivity index (χ4n) is 1.78. The van der Waals surface area contributed by atoms with Gasteiger partial charge in [0.25, 0.3) is 5.91 Å². The number of carboxylic acids is 1. The average Bonchev–Trinajstić information content (AvgIpc) is 2.74. The van der Waals surface area contributed by atoms with Crippen molar-refractivity contribution >= 4 is 11.9 Å². The van der Waals surface area contributed by atoms with Crippen molar-refractivity contribution in [1.82, 2.24) is 15.1 Å². The Morgan fingerprint density at radius 1 is 1.47 bits per heavy atom. The first-order chi connectivity index (χ1) is 8.03. The molecule has 1 saturated heterocycles. The van der Waals surface area contributed by atoms with Gasteiger partial charge in [0.15, 0.2) is 0 Å². The lowest BCUT2D eigenvalue weighted by Gasteiger charge is -2.19. The molecule has 3 N–H and O–H groups in total. The molecule has 0 aliphatic carbocycles. The maximum absolute atomic E-state index is 12.0. The van der Waals surface area contributed by atoms with Gasteiger partial charge >= 0.3 is 5.97 Å². The molecule has 2 rings (SSSR count). The highest BCUT2D eigenvalue weighted by molar-refractivity contribution is 5.95. The van der Waals surface area contributed by atoms with Gasteiger partial charge in [-0.2, -0.15) is 10.2 Å². The van der Waals surface area contributed by atoms with E-state index in [0.717, 1.165) is 0 Å². The summed E-state index contributed by atoms with van der Waals surface area (Å²) in [5.41, 5.74) is 4.73. The minimum absolute atomic E-state index is 0.0174. The smallest absolute Gasteiger partial charge is 0.325 e. The third-order valence-electron chi connectivity index (χ3n) is 2.85. The first kappa shape index (κ1) is 11.5. The zero-order valence-corrected chi connectivity index (χ0v) is 9.04. The summed E-state index contributed by atoms with van der Waals surface area (Å²) >= 11 is 0. The van der Waals surface area contributed by atoms with Crippen molar-refractivity contribution in [2.24, 2.45) is 5.73 Å². The highest BCUT2D eigenvalue weighted by atomic mass is 16.4. The van der Waals surface area contributed by atoms with Crippen LogP contribution in [0.2, 0.25) is 0 Å². The molecule has 0 radical (unpaired) electrons. The van der Waals surface area contributed by atoms with Crippen LogP contribution in [0.4, 0.5) is 0 Å². The lowest BCUT2D eigenvalue weighted by molar-refractivity contribution is -0.142. The minimum atomic E-state index is -1.34. The Kier molecular flexibility index (Phi) is 2.76. The summed E-state index contributed by atoms with van der Waals surface area (Å²) < 4.78 is 0. The number of rotatable bonds is 2. The molecular formula is C10H12N4O3. The number of hydrogen-bond acceptors (Lipinski definition) is 5. The second-order valence-electron chi connectivity index (χ2n) is 4.07. The summed E-state index contributed by atoms with van der Waals surface area (Å²) in [5.74, 6) is -1.35. The quantitative estimate of drug-likeness (QED) is 0.689. The third kappa shape index (κ3) is 2.09. The predicted octanol–water partition coefficient (Wildman–Crippen LogP) is -0.895. The van der Waals surface area contributed by atoms with E-state index in [0.29, 0.717) is 12.1 Å². The van der Waals surface area contributed by atoms with E-state index in [4.69, 9.17) is 10.8 Å². The van der Waals surface area contributed by atoms with Crippen LogP contribution in [0.25, 0.3) is 0 Å². The normalized spacial score (nSPS) is 23.7. The molecule has 1 aliphatic heterocycles. The molecule has 1 atom stereocenters. The maximum atomic E-state index is 12.0. The largest absolute Gasteiger partial charge is 0.480 e. The average molecular weight is 236 g/mol. The van der Waals surface area contributed by atoms with Gasteiger partial charge in [-0.1, -0.05) is 0 Å². The van der Waals surface area contributed by atoms with E-state index in [1.165, 1.54) is 23.4 Å².